The molecule has 0 saturated heterocycles. The van der Waals surface area contributed by atoms with Gasteiger partial charge in [0.15, 0.2) is 0 Å². The number of nitrogens with one attached hydrogen (secondary N) is 2. The van der Waals surface area contributed by atoms with Crippen LogP contribution in [0.5, 0.6) is 5.75 Å². The van der Waals surface area contributed by atoms with E-state index in [0.29, 0.717) is 5.56 Å². The number of carbonyl (C=O) groups is 4. The number of ether oxygens (including phenoxy) is 2. The highest BCUT2D eigenvalue weighted by Crippen LogP contribution is 2.33. The van der Waals surface area contributed by atoms with Gasteiger partial charge in [0.1, 0.15) is 23.4 Å². The van der Waals surface area contributed by atoms with Gasteiger partial charge in [0, 0.05) is 18.2 Å². The topological polar surface area (TPSA) is 134 Å². The van der Waals surface area contributed by atoms with Crippen molar-refractivity contribution < 1.29 is 33.8 Å². The molecule has 2 unspecified atom stereocenters. The van der Waals surface area contributed by atoms with E-state index in [1.807, 2.05) is 0 Å². The smallest absolute Gasteiger partial charge is 0.408 e. The average Bonchev–Trinajstić information content (AvgIpc) is 2.72. The first-order valence-electron chi connectivity index (χ1n) is 11.7. The molecule has 0 aliphatic heterocycles. The summed E-state index contributed by atoms with van der Waals surface area (Å²) in [6.07, 6.45) is -0.811. The fraction of sp³-hybridized carbons (Fsp3) is 0.600. The van der Waals surface area contributed by atoms with Crippen molar-refractivity contribution in [1.29, 1.82) is 0 Å². The van der Waals surface area contributed by atoms with Crippen molar-refractivity contribution in [1.82, 2.24) is 15.5 Å². The van der Waals surface area contributed by atoms with Gasteiger partial charge in [-0.1, -0.05) is 18.2 Å². The first-order chi connectivity index (χ1) is 16.2. The molecule has 0 bridgehead atoms. The van der Waals surface area contributed by atoms with Gasteiger partial charge in [0.05, 0.1) is 13.0 Å². The van der Waals surface area contributed by atoms with Crippen molar-refractivity contribution in [2.75, 3.05) is 13.2 Å². The highest BCUT2D eigenvalue weighted by atomic mass is 16.6. The number of aromatic hydroxyl groups is 1. The maximum atomic E-state index is 13.5. The molecular weight excluding hydrogens is 454 g/mol. The molecule has 3 amide bonds. The summed E-state index contributed by atoms with van der Waals surface area (Å²) in [6.45, 7) is 13.6. The van der Waals surface area contributed by atoms with Crippen molar-refractivity contribution in [3.63, 3.8) is 0 Å². The third-order valence-electron chi connectivity index (χ3n) is 4.94. The third kappa shape index (κ3) is 9.11. The fourth-order valence-corrected chi connectivity index (χ4v) is 3.39. The molecule has 3 N–H and O–H groups in total. The van der Waals surface area contributed by atoms with Crippen molar-refractivity contribution >= 4 is 23.9 Å². The SMILES string of the molecule is CCOC(=O)CCNC(=O)C(c1cccc(C)c1O)N(C(=O)C(C)NC(=O)OC(C)(C)C)C(C)C. The first kappa shape index (κ1) is 29.7. The van der Waals surface area contributed by atoms with Crippen LogP contribution in [0.1, 0.15) is 72.1 Å². The van der Waals surface area contributed by atoms with Crippen molar-refractivity contribution in [2.24, 2.45) is 0 Å². The lowest BCUT2D eigenvalue weighted by molar-refractivity contribution is -0.145. The molecule has 196 valence electrons. The van der Waals surface area contributed by atoms with E-state index in [1.54, 1.807) is 66.7 Å². The Bertz CT molecular complexity index is 909. The number of benzene rings is 1. The van der Waals surface area contributed by atoms with Crippen LogP contribution >= 0.6 is 0 Å². The summed E-state index contributed by atoms with van der Waals surface area (Å²) in [6, 6.07) is 2.21. The molecule has 2 atom stereocenters. The van der Waals surface area contributed by atoms with Crippen molar-refractivity contribution in [3.05, 3.63) is 29.3 Å². The van der Waals surface area contributed by atoms with Crippen LogP contribution in [0.2, 0.25) is 0 Å². The Kier molecular flexibility index (Phi) is 11.0. The van der Waals surface area contributed by atoms with Crippen LogP contribution in [0.3, 0.4) is 0 Å². The first-order valence-corrected chi connectivity index (χ1v) is 11.7. The molecule has 1 aromatic rings. The highest BCUT2D eigenvalue weighted by Gasteiger charge is 2.37. The maximum absolute atomic E-state index is 13.5. The van der Waals surface area contributed by atoms with E-state index >= 15 is 0 Å². The molecule has 0 heterocycles. The largest absolute Gasteiger partial charge is 0.507 e. The predicted molar refractivity (Wildman–Crippen MR) is 131 cm³/mol. The Morgan fingerprint density at radius 2 is 1.74 bits per heavy atom. The second-order valence-corrected chi connectivity index (χ2v) is 9.47. The molecule has 10 nitrogen and oxygen atoms in total. The fourth-order valence-electron chi connectivity index (χ4n) is 3.39. The van der Waals surface area contributed by atoms with E-state index in [1.165, 1.54) is 11.8 Å². The molecular formula is C25H39N3O7. The Labute approximate surface area is 207 Å². The summed E-state index contributed by atoms with van der Waals surface area (Å²) in [5.41, 5.74) is 0.00676. The maximum Gasteiger partial charge on any atom is 0.408 e. The van der Waals surface area contributed by atoms with Gasteiger partial charge in [-0.05, 0) is 61.0 Å². The van der Waals surface area contributed by atoms with Gasteiger partial charge in [-0.25, -0.2) is 4.79 Å². The van der Waals surface area contributed by atoms with Gasteiger partial charge < -0.3 is 30.1 Å². The molecule has 1 aromatic carbocycles. The molecule has 0 aliphatic carbocycles. The van der Waals surface area contributed by atoms with Crippen LogP contribution in [0, 0.1) is 6.92 Å². The number of phenols is 1. The zero-order chi connectivity index (χ0) is 26.9. The van der Waals surface area contributed by atoms with E-state index < -0.39 is 47.6 Å². The third-order valence-corrected chi connectivity index (χ3v) is 4.94. The monoisotopic (exact) mass is 493 g/mol. The van der Waals surface area contributed by atoms with Gasteiger partial charge >= 0.3 is 12.1 Å². The summed E-state index contributed by atoms with van der Waals surface area (Å²) in [7, 11) is 0. The Morgan fingerprint density at radius 1 is 1.11 bits per heavy atom. The molecule has 0 spiro atoms. The number of hydrogen-bond donors (Lipinski definition) is 3. The van der Waals surface area contributed by atoms with E-state index in [4.69, 9.17) is 9.47 Å². The molecule has 0 fully saturated rings. The Balaban J connectivity index is 3.28. The second kappa shape index (κ2) is 13.0. The number of nitrogens with zero attached hydrogens (tertiary/aromatic N) is 1. The summed E-state index contributed by atoms with van der Waals surface area (Å²) < 4.78 is 10.1. The van der Waals surface area contributed by atoms with Crippen LogP contribution < -0.4 is 10.6 Å². The lowest BCUT2D eigenvalue weighted by Gasteiger charge is -2.36. The van der Waals surface area contributed by atoms with E-state index in [2.05, 4.69) is 10.6 Å². The summed E-state index contributed by atoms with van der Waals surface area (Å²) >= 11 is 0. The lowest BCUT2D eigenvalue weighted by atomic mass is 9.98. The minimum absolute atomic E-state index is 0.00736. The molecule has 0 aliphatic rings. The lowest BCUT2D eigenvalue weighted by Crippen LogP contribution is -2.54. The van der Waals surface area contributed by atoms with Gasteiger partial charge in [-0.3, -0.25) is 14.4 Å². The number of rotatable bonds is 10. The Hall–Kier alpha value is -3.30. The molecule has 0 aromatic heterocycles. The number of carbonyl (C=O) groups excluding carboxylic acids is 4. The summed E-state index contributed by atoms with van der Waals surface area (Å²) in [4.78, 5) is 52.0. The molecule has 10 heteroatoms. The van der Waals surface area contributed by atoms with Crippen LogP contribution in [0.4, 0.5) is 4.79 Å². The quantitative estimate of drug-likeness (QED) is 0.427. The van der Waals surface area contributed by atoms with Crippen LogP contribution in [-0.4, -0.2) is 64.7 Å². The number of alkyl carbamates (subject to hydrolysis) is 1. The van der Waals surface area contributed by atoms with Gasteiger partial charge in [0.2, 0.25) is 11.8 Å². The number of esters is 1. The van der Waals surface area contributed by atoms with E-state index in [9.17, 15) is 24.3 Å². The zero-order valence-corrected chi connectivity index (χ0v) is 21.9. The van der Waals surface area contributed by atoms with Crippen LogP contribution in [-0.2, 0) is 23.9 Å². The minimum Gasteiger partial charge on any atom is -0.507 e. The molecule has 35 heavy (non-hydrogen) atoms. The Morgan fingerprint density at radius 3 is 2.29 bits per heavy atom. The highest BCUT2D eigenvalue weighted by molar-refractivity contribution is 5.92. The van der Waals surface area contributed by atoms with E-state index in [0.717, 1.165) is 0 Å². The van der Waals surface area contributed by atoms with Gasteiger partial charge in [-0.15, -0.1) is 0 Å². The molecule has 1 rings (SSSR count). The zero-order valence-electron chi connectivity index (χ0n) is 21.9. The summed E-state index contributed by atoms with van der Waals surface area (Å²) in [5.74, 6) is -1.71. The standard InChI is InChI=1S/C25H39N3O7/c1-9-34-19(29)13-14-26-22(31)20(18-12-10-11-16(4)21(18)30)28(15(2)3)23(32)17(5)27-24(33)35-25(6,7)8/h10-12,15,17,20,30H,9,13-14H2,1-8H3,(H,26,31)(H,27,33). The number of para-hydroxylation sites is 1. The second-order valence-electron chi connectivity index (χ2n) is 9.47. The van der Waals surface area contributed by atoms with Crippen LogP contribution in [0.25, 0.3) is 0 Å². The normalized spacial score (nSPS) is 12.9. The van der Waals surface area contributed by atoms with Crippen LogP contribution in [0.15, 0.2) is 18.2 Å². The predicted octanol–water partition coefficient (Wildman–Crippen LogP) is 2.96. The molecule has 0 saturated carbocycles. The number of hydrogen-bond acceptors (Lipinski definition) is 7. The summed E-state index contributed by atoms with van der Waals surface area (Å²) in [5, 5.41) is 15.9. The average molecular weight is 494 g/mol. The van der Waals surface area contributed by atoms with Gasteiger partial charge in [0.25, 0.3) is 0 Å². The van der Waals surface area contributed by atoms with Crippen molar-refractivity contribution in [2.45, 2.75) is 85.5 Å². The number of amides is 3. The van der Waals surface area contributed by atoms with Crippen molar-refractivity contribution in [3.8, 4) is 5.75 Å². The van der Waals surface area contributed by atoms with E-state index in [-0.39, 0.29) is 30.9 Å². The van der Waals surface area contributed by atoms with Gasteiger partial charge in [-0.2, -0.15) is 0 Å². The molecule has 0 radical (unpaired) electrons. The number of aryl methyl sites for hydroxylation is 1. The number of phenolic OH excluding ortho intramolecular Hbond substituents is 1. The minimum atomic E-state index is -1.22.